The second kappa shape index (κ2) is 3.57. The fourth-order valence-electron chi connectivity index (χ4n) is 1.43. The molecule has 1 saturated heterocycles. The first-order valence-electron chi connectivity index (χ1n) is 4.45. The summed E-state index contributed by atoms with van der Waals surface area (Å²) in [6, 6.07) is 6.43. The first kappa shape index (κ1) is 9.45. The van der Waals surface area contributed by atoms with Crippen molar-refractivity contribution in [1.29, 1.82) is 0 Å². The Balaban J connectivity index is 2.10. The van der Waals surface area contributed by atoms with E-state index in [1.54, 1.807) is 18.3 Å². The van der Waals surface area contributed by atoms with Crippen molar-refractivity contribution in [2.24, 2.45) is 0 Å². The number of sulfone groups is 1. The third kappa shape index (κ3) is 2.04. The minimum Gasteiger partial charge on any atom is -0.355 e. The van der Waals surface area contributed by atoms with E-state index in [0.29, 0.717) is 13.1 Å². The molecule has 0 unspecified atom stereocenters. The zero-order valence-corrected chi connectivity index (χ0v) is 8.50. The second-order valence-electron chi connectivity index (χ2n) is 3.25. The van der Waals surface area contributed by atoms with Crippen LogP contribution in [-0.4, -0.2) is 38.0 Å². The van der Waals surface area contributed by atoms with Crippen molar-refractivity contribution in [2.75, 3.05) is 29.5 Å². The molecule has 1 radical (unpaired) electrons. The standard InChI is InChI=1S/C9H11N2O2S/c12-14(13)7-5-11(6-8-14)9-3-1-2-4-10-9/h2-4H,5-8H2. The molecule has 4 nitrogen and oxygen atoms in total. The highest BCUT2D eigenvalue weighted by Gasteiger charge is 2.21. The van der Waals surface area contributed by atoms with Gasteiger partial charge in [-0.1, -0.05) is 0 Å². The molecule has 1 aromatic heterocycles. The molecular formula is C9H11N2O2S. The van der Waals surface area contributed by atoms with E-state index >= 15 is 0 Å². The summed E-state index contributed by atoms with van der Waals surface area (Å²) in [7, 11) is -2.80. The van der Waals surface area contributed by atoms with Gasteiger partial charge in [0, 0.05) is 19.3 Å². The van der Waals surface area contributed by atoms with Gasteiger partial charge in [0.2, 0.25) is 0 Å². The summed E-state index contributed by atoms with van der Waals surface area (Å²) in [5, 5.41) is 0. The number of nitrogens with zero attached hydrogens (tertiary/aromatic N) is 2. The van der Waals surface area contributed by atoms with Gasteiger partial charge < -0.3 is 4.90 Å². The second-order valence-corrected chi connectivity index (χ2v) is 5.56. The third-order valence-corrected chi connectivity index (χ3v) is 3.87. The number of hydrogen-bond acceptors (Lipinski definition) is 4. The lowest BCUT2D eigenvalue weighted by atomic mass is 10.4. The van der Waals surface area contributed by atoms with Gasteiger partial charge in [-0.2, -0.15) is 0 Å². The molecule has 0 amide bonds. The summed E-state index contributed by atoms with van der Waals surface area (Å²) >= 11 is 0. The third-order valence-electron chi connectivity index (χ3n) is 2.26. The summed E-state index contributed by atoms with van der Waals surface area (Å²) in [5.41, 5.74) is 0. The van der Waals surface area contributed by atoms with Gasteiger partial charge in [0.05, 0.1) is 11.5 Å². The normalized spacial score (nSPS) is 20.7. The van der Waals surface area contributed by atoms with Crippen molar-refractivity contribution < 1.29 is 8.42 Å². The van der Waals surface area contributed by atoms with Gasteiger partial charge >= 0.3 is 0 Å². The molecule has 1 fully saturated rings. The monoisotopic (exact) mass is 211 g/mol. The van der Waals surface area contributed by atoms with Crippen LogP contribution >= 0.6 is 0 Å². The quantitative estimate of drug-likeness (QED) is 0.662. The molecule has 0 aromatic carbocycles. The van der Waals surface area contributed by atoms with Crippen LogP contribution in [0.25, 0.3) is 0 Å². The molecule has 1 aliphatic heterocycles. The zero-order valence-electron chi connectivity index (χ0n) is 7.68. The number of anilines is 1. The van der Waals surface area contributed by atoms with Gasteiger partial charge in [-0.3, -0.25) is 0 Å². The van der Waals surface area contributed by atoms with E-state index in [-0.39, 0.29) is 11.5 Å². The Hall–Kier alpha value is -1.10. The van der Waals surface area contributed by atoms with Crippen LogP contribution in [0.15, 0.2) is 18.3 Å². The SMILES string of the molecule is O=S1(=O)CCN(c2c[c]ccn2)CC1. The fraction of sp³-hybridized carbons (Fsp3) is 0.444. The van der Waals surface area contributed by atoms with Crippen molar-refractivity contribution in [3.05, 3.63) is 24.4 Å². The lowest BCUT2D eigenvalue weighted by Crippen LogP contribution is -2.40. The molecule has 0 N–H and O–H groups in total. The van der Waals surface area contributed by atoms with Crippen molar-refractivity contribution in [1.82, 2.24) is 4.98 Å². The molecule has 0 bridgehead atoms. The molecule has 2 rings (SSSR count). The largest absolute Gasteiger partial charge is 0.355 e. The average molecular weight is 211 g/mol. The summed E-state index contributed by atoms with van der Waals surface area (Å²) in [4.78, 5) is 6.12. The van der Waals surface area contributed by atoms with E-state index in [1.165, 1.54) is 0 Å². The Morgan fingerprint density at radius 1 is 1.36 bits per heavy atom. The van der Waals surface area contributed by atoms with E-state index in [2.05, 4.69) is 11.1 Å². The number of aromatic nitrogens is 1. The van der Waals surface area contributed by atoms with Crippen molar-refractivity contribution in [3.63, 3.8) is 0 Å². The van der Waals surface area contributed by atoms with E-state index in [9.17, 15) is 8.42 Å². The molecule has 1 aliphatic rings. The van der Waals surface area contributed by atoms with Crippen molar-refractivity contribution in [3.8, 4) is 0 Å². The fourth-order valence-corrected chi connectivity index (χ4v) is 2.63. The smallest absolute Gasteiger partial charge is 0.153 e. The first-order valence-corrected chi connectivity index (χ1v) is 6.27. The van der Waals surface area contributed by atoms with Crippen LogP contribution < -0.4 is 4.90 Å². The molecule has 0 atom stereocenters. The van der Waals surface area contributed by atoms with E-state index in [4.69, 9.17) is 0 Å². The van der Waals surface area contributed by atoms with Crippen LogP contribution in [0, 0.1) is 6.07 Å². The number of pyridine rings is 1. The predicted octanol–water partition coefficient (Wildman–Crippen LogP) is 0.117. The van der Waals surface area contributed by atoms with Gasteiger partial charge in [-0.25, -0.2) is 13.4 Å². The highest BCUT2D eigenvalue weighted by Crippen LogP contribution is 2.12. The van der Waals surface area contributed by atoms with Crippen LogP contribution in [0.2, 0.25) is 0 Å². The van der Waals surface area contributed by atoms with Gasteiger partial charge in [0.25, 0.3) is 0 Å². The summed E-state index contributed by atoms with van der Waals surface area (Å²) in [6.07, 6.45) is 1.67. The van der Waals surface area contributed by atoms with Crippen LogP contribution in [0.4, 0.5) is 5.82 Å². The molecule has 14 heavy (non-hydrogen) atoms. The van der Waals surface area contributed by atoms with Gasteiger partial charge in [-0.05, 0) is 18.2 Å². The lowest BCUT2D eigenvalue weighted by molar-refractivity contribution is 0.586. The molecule has 0 aliphatic carbocycles. The van der Waals surface area contributed by atoms with E-state index in [0.717, 1.165) is 5.82 Å². The number of rotatable bonds is 1. The Morgan fingerprint density at radius 3 is 2.64 bits per heavy atom. The highest BCUT2D eigenvalue weighted by molar-refractivity contribution is 7.91. The van der Waals surface area contributed by atoms with Crippen LogP contribution in [0.1, 0.15) is 0 Å². The first-order chi connectivity index (χ1) is 6.67. The lowest BCUT2D eigenvalue weighted by Gasteiger charge is -2.27. The topological polar surface area (TPSA) is 50.3 Å². The summed E-state index contributed by atoms with van der Waals surface area (Å²) in [6.45, 7) is 1.07. The maximum atomic E-state index is 11.2. The van der Waals surface area contributed by atoms with Crippen LogP contribution in [0.3, 0.4) is 0 Å². The van der Waals surface area contributed by atoms with Crippen molar-refractivity contribution in [2.45, 2.75) is 0 Å². The van der Waals surface area contributed by atoms with E-state index < -0.39 is 9.84 Å². The molecular weight excluding hydrogens is 200 g/mol. The molecule has 75 valence electrons. The average Bonchev–Trinajstić information content (AvgIpc) is 2.19. The van der Waals surface area contributed by atoms with Gasteiger partial charge in [-0.15, -0.1) is 0 Å². The minimum absolute atomic E-state index is 0.226. The Bertz CT molecular complexity index is 388. The summed E-state index contributed by atoms with van der Waals surface area (Å²) < 4.78 is 22.3. The maximum absolute atomic E-state index is 11.2. The van der Waals surface area contributed by atoms with E-state index in [1.807, 2.05) is 4.90 Å². The Morgan fingerprint density at radius 2 is 2.07 bits per heavy atom. The van der Waals surface area contributed by atoms with Crippen LogP contribution in [-0.2, 0) is 9.84 Å². The summed E-state index contributed by atoms with van der Waals surface area (Å²) in [5.74, 6) is 1.26. The van der Waals surface area contributed by atoms with Gasteiger partial charge in [0.15, 0.2) is 9.84 Å². The number of hydrogen-bond donors (Lipinski definition) is 0. The molecule has 5 heteroatoms. The zero-order chi connectivity index (χ0) is 10.0. The Kier molecular flexibility index (Phi) is 2.41. The molecule has 1 aromatic rings. The molecule has 0 spiro atoms. The van der Waals surface area contributed by atoms with Gasteiger partial charge in [0.1, 0.15) is 5.82 Å². The molecule has 0 saturated carbocycles. The predicted molar refractivity (Wildman–Crippen MR) is 53.9 cm³/mol. The minimum atomic E-state index is -2.80. The highest BCUT2D eigenvalue weighted by atomic mass is 32.2. The van der Waals surface area contributed by atoms with Crippen LogP contribution in [0.5, 0.6) is 0 Å². The van der Waals surface area contributed by atoms with Crippen molar-refractivity contribution >= 4 is 15.7 Å². The maximum Gasteiger partial charge on any atom is 0.153 e. The Labute approximate surface area is 83.5 Å². The molecule has 2 heterocycles.